The van der Waals surface area contributed by atoms with E-state index in [-0.39, 0.29) is 28.7 Å². The van der Waals surface area contributed by atoms with E-state index < -0.39 is 23.2 Å². The maximum atomic E-state index is 11.5. The molecule has 0 aliphatic carbocycles. The Morgan fingerprint density at radius 3 is 1.38 bits per heavy atom. The van der Waals surface area contributed by atoms with Gasteiger partial charge in [-0.15, -0.1) is 12.4 Å². The SMILES string of the molecule is Brc1ccns1.CC1(C)OB(c2ccc(-c3cccnc3)c([N+](=O)[O-])c2)OC1(C)C.Cl.Nc1cc(-c2ccns2)ccc1-c1cccnc1.O=[N+]([O-])c1cc(-c2ccns2)ccc1-c1cccnc1. The number of nitro groups is 2. The van der Waals surface area contributed by atoms with Crippen molar-refractivity contribution in [2.45, 2.75) is 38.9 Å². The Kier molecular flexibility index (Phi) is 17.7. The summed E-state index contributed by atoms with van der Waals surface area (Å²) in [7, 11) is -0.628. The Labute approximate surface area is 425 Å². The van der Waals surface area contributed by atoms with E-state index >= 15 is 0 Å². The van der Waals surface area contributed by atoms with E-state index in [0.717, 1.165) is 47.0 Å². The van der Waals surface area contributed by atoms with Crippen molar-refractivity contribution in [2.24, 2.45) is 0 Å². The Morgan fingerprint density at radius 1 is 0.551 bits per heavy atom. The first kappa shape index (κ1) is 51.7. The van der Waals surface area contributed by atoms with Crippen LogP contribution in [-0.2, 0) is 9.31 Å². The summed E-state index contributed by atoms with van der Waals surface area (Å²) in [5.74, 6) is 0. The van der Waals surface area contributed by atoms with E-state index in [1.165, 1.54) is 40.7 Å². The van der Waals surface area contributed by atoms with Crippen LogP contribution in [0.1, 0.15) is 27.7 Å². The molecule has 7 heterocycles. The molecule has 2 N–H and O–H groups in total. The fourth-order valence-electron chi connectivity index (χ4n) is 6.62. The molecule has 0 spiro atoms. The molecule has 0 saturated carbocycles. The second kappa shape index (κ2) is 23.6. The van der Waals surface area contributed by atoms with Gasteiger partial charge in [0, 0.05) is 101 Å². The summed E-state index contributed by atoms with van der Waals surface area (Å²) in [6.45, 7) is 7.80. The van der Waals surface area contributed by atoms with Gasteiger partial charge in [-0.05, 0) is 144 Å². The Hall–Kier alpha value is -6.65. The average molecular weight is 1060 g/mol. The number of hydrogen-bond acceptors (Lipinski definition) is 16. The van der Waals surface area contributed by atoms with Crippen LogP contribution < -0.4 is 11.2 Å². The van der Waals surface area contributed by atoms with Crippen LogP contribution in [0.4, 0.5) is 17.1 Å². The monoisotopic (exact) mass is 1060 g/mol. The van der Waals surface area contributed by atoms with E-state index in [1.54, 1.807) is 92.0 Å². The van der Waals surface area contributed by atoms with Crippen LogP contribution in [0.5, 0.6) is 0 Å². The third-order valence-electron chi connectivity index (χ3n) is 10.8. The number of hydrogen-bond donors (Lipinski definition) is 1. The number of nitrogens with zero attached hydrogens (tertiary/aromatic N) is 8. The van der Waals surface area contributed by atoms with Crippen molar-refractivity contribution in [3.63, 3.8) is 0 Å². The zero-order valence-electron chi connectivity index (χ0n) is 37.3. The number of nitrogens with two attached hydrogens (primary N) is 1. The van der Waals surface area contributed by atoms with Crippen molar-refractivity contribution in [1.29, 1.82) is 0 Å². The molecular weight excluding hydrogens is 1020 g/mol. The van der Waals surface area contributed by atoms with Gasteiger partial charge < -0.3 is 15.0 Å². The number of aromatic nitrogens is 6. The summed E-state index contributed by atoms with van der Waals surface area (Å²) < 4.78 is 25.0. The van der Waals surface area contributed by atoms with Crippen molar-refractivity contribution >= 4 is 92.6 Å². The second-order valence-corrected chi connectivity index (χ2v) is 19.6. The molecule has 0 bridgehead atoms. The van der Waals surface area contributed by atoms with Crippen LogP contribution in [-0.4, -0.2) is 56.2 Å². The van der Waals surface area contributed by atoms with Crippen molar-refractivity contribution < 1.29 is 19.2 Å². The molecule has 15 nitrogen and oxygen atoms in total. The molecule has 1 saturated heterocycles. The predicted octanol–water partition coefficient (Wildman–Crippen LogP) is 12.5. The topological polar surface area (TPSA) is 208 Å². The lowest BCUT2D eigenvalue weighted by Gasteiger charge is -2.32. The van der Waals surface area contributed by atoms with Gasteiger partial charge in [-0.25, -0.2) is 13.1 Å². The molecule has 3 aromatic carbocycles. The molecule has 21 heteroatoms. The van der Waals surface area contributed by atoms with Crippen LogP contribution >= 0.6 is 62.9 Å². The summed E-state index contributed by atoms with van der Waals surface area (Å²) in [5.41, 5.74) is 13.1. The highest BCUT2D eigenvalue weighted by molar-refractivity contribution is 9.11. The van der Waals surface area contributed by atoms with Crippen LogP contribution in [0.15, 0.2) is 169 Å². The minimum absolute atomic E-state index is 0. The molecule has 10 rings (SSSR count). The molecule has 69 heavy (non-hydrogen) atoms. The number of anilines is 1. The molecule has 0 radical (unpaired) electrons. The lowest BCUT2D eigenvalue weighted by molar-refractivity contribution is -0.384. The fraction of sp³-hybridized carbons (Fsp3) is 0.125. The number of nitro benzene ring substituents is 2. The van der Waals surface area contributed by atoms with Gasteiger partial charge >= 0.3 is 7.12 Å². The third kappa shape index (κ3) is 13.1. The van der Waals surface area contributed by atoms with Crippen LogP contribution in [0.25, 0.3) is 54.3 Å². The summed E-state index contributed by atoms with van der Waals surface area (Å²) in [6, 6.07) is 33.1. The van der Waals surface area contributed by atoms with Gasteiger partial charge in [-0.1, -0.05) is 42.5 Å². The highest BCUT2D eigenvalue weighted by atomic mass is 79.9. The lowest BCUT2D eigenvalue weighted by Crippen LogP contribution is -2.41. The maximum absolute atomic E-state index is 11.5. The third-order valence-corrected chi connectivity index (χ3v) is 13.6. The quantitative estimate of drug-likeness (QED) is 0.0651. The van der Waals surface area contributed by atoms with Gasteiger partial charge in [0.05, 0.1) is 45.7 Å². The van der Waals surface area contributed by atoms with Crippen molar-refractivity contribution in [1.82, 2.24) is 28.1 Å². The predicted molar refractivity (Wildman–Crippen MR) is 282 cm³/mol. The first-order valence-corrected chi connectivity index (χ1v) is 23.7. The highest BCUT2D eigenvalue weighted by Crippen LogP contribution is 2.38. The molecule has 0 unspecified atom stereocenters. The maximum Gasteiger partial charge on any atom is 0.495 e. The molecule has 0 atom stereocenters. The zero-order chi connectivity index (χ0) is 48.3. The van der Waals surface area contributed by atoms with E-state index in [1.807, 2.05) is 88.5 Å². The first-order chi connectivity index (χ1) is 32.7. The molecule has 1 fully saturated rings. The number of pyridine rings is 3. The molecule has 350 valence electrons. The standard InChI is InChI=1S/C17H19BN2O4.C14H9N3O2S.C14H11N3S.C3H2BrNS.ClH/c1-16(2)17(3,4)24-18(23-16)13-7-8-14(15(10-13)20(21)22)12-6-5-9-19-11-12;18-17(19)13-8-10(14-5-7-16-20-14)3-4-12(13)11-2-1-6-15-9-11;15-13-8-10(14-5-7-17-18-14)3-4-12(13)11-2-1-6-16-9-11;4-3-1-2-5-6-3;/h5-11H,1-4H3;1-9H;1-9H,15H2;1-2H;1H. The van der Waals surface area contributed by atoms with Gasteiger partial charge in [-0.2, -0.15) is 0 Å². The van der Waals surface area contributed by atoms with Crippen molar-refractivity contribution in [3.05, 3.63) is 189 Å². The Bertz CT molecular complexity index is 3060. The van der Waals surface area contributed by atoms with Gasteiger partial charge in [0.25, 0.3) is 11.4 Å². The van der Waals surface area contributed by atoms with Gasteiger partial charge in [0.1, 0.15) is 0 Å². The zero-order valence-corrected chi connectivity index (χ0v) is 42.1. The van der Waals surface area contributed by atoms with Crippen LogP contribution in [0.3, 0.4) is 0 Å². The van der Waals surface area contributed by atoms with Gasteiger partial charge in [-0.3, -0.25) is 35.2 Å². The fourth-order valence-corrected chi connectivity index (χ4v) is 8.52. The van der Waals surface area contributed by atoms with E-state index in [0.29, 0.717) is 22.2 Å². The number of rotatable bonds is 8. The molecule has 1 aliphatic rings. The number of benzene rings is 3. The minimum Gasteiger partial charge on any atom is -0.399 e. The molecular formula is C48H42BBrClN9O6S3. The first-order valence-electron chi connectivity index (χ1n) is 20.6. The van der Waals surface area contributed by atoms with E-state index in [2.05, 4.69) is 50.1 Å². The lowest BCUT2D eigenvalue weighted by atomic mass is 9.78. The summed E-state index contributed by atoms with van der Waals surface area (Å²) in [4.78, 5) is 36.2. The largest absolute Gasteiger partial charge is 0.495 e. The summed E-state index contributed by atoms with van der Waals surface area (Å²) >= 11 is 7.46. The second-order valence-electron chi connectivity index (χ2n) is 15.7. The van der Waals surface area contributed by atoms with Crippen molar-refractivity contribution in [2.75, 3.05) is 5.73 Å². The number of nitrogen functional groups attached to an aromatic ring is 1. The summed E-state index contributed by atoms with van der Waals surface area (Å²) in [5, 5.41) is 22.8. The molecule has 9 aromatic rings. The van der Waals surface area contributed by atoms with Gasteiger partial charge in [0.15, 0.2) is 0 Å². The van der Waals surface area contributed by atoms with Crippen LogP contribution in [0, 0.1) is 20.2 Å². The summed E-state index contributed by atoms with van der Waals surface area (Å²) in [6.07, 6.45) is 15.3. The smallest absolute Gasteiger partial charge is 0.399 e. The van der Waals surface area contributed by atoms with Crippen LogP contribution in [0.2, 0.25) is 0 Å². The Balaban J connectivity index is 0.000000160. The highest BCUT2D eigenvalue weighted by Gasteiger charge is 2.52. The average Bonchev–Trinajstić information content (AvgIpc) is 4.20. The normalized spacial score (nSPS) is 13.0. The molecule has 6 aromatic heterocycles. The minimum atomic E-state index is -0.628. The number of halogens is 2. The van der Waals surface area contributed by atoms with Crippen molar-refractivity contribution in [3.8, 4) is 54.3 Å². The van der Waals surface area contributed by atoms with E-state index in [4.69, 9.17) is 15.0 Å². The van der Waals surface area contributed by atoms with E-state index in [9.17, 15) is 20.2 Å². The van der Waals surface area contributed by atoms with Gasteiger partial charge in [0.2, 0.25) is 0 Å². The Morgan fingerprint density at radius 2 is 0.986 bits per heavy atom. The molecule has 1 aliphatic heterocycles. The molecule has 0 amide bonds.